The lowest BCUT2D eigenvalue weighted by molar-refractivity contribution is 0.160. The van der Waals surface area contributed by atoms with Crippen LogP contribution >= 0.6 is 23.2 Å². The van der Waals surface area contributed by atoms with Gasteiger partial charge in [0.25, 0.3) is 10.0 Å². The van der Waals surface area contributed by atoms with Crippen molar-refractivity contribution in [3.8, 4) is 11.6 Å². The summed E-state index contributed by atoms with van der Waals surface area (Å²) < 4.78 is 42.9. The van der Waals surface area contributed by atoms with E-state index < -0.39 is 10.0 Å². The molecule has 0 spiro atoms. The molecular formula is C27H29Cl2N5O4S. The van der Waals surface area contributed by atoms with Gasteiger partial charge in [-0.05, 0) is 81.2 Å². The lowest BCUT2D eigenvalue weighted by Gasteiger charge is -2.28. The lowest BCUT2D eigenvalue weighted by Crippen LogP contribution is -2.32. The van der Waals surface area contributed by atoms with E-state index in [-0.39, 0.29) is 23.2 Å². The van der Waals surface area contributed by atoms with Crippen molar-refractivity contribution in [2.75, 3.05) is 31.5 Å². The summed E-state index contributed by atoms with van der Waals surface area (Å²) in [6.45, 7) is 4.49. The Labute approximate surface area is 237 Å². The number of anilines is 1. The molecule has 2 aromatic carbocycles. The average Bonchev–Trinajstić information content (AvgIpc) is 3.39. The van der Waals surface area contributed by atoms with E-state index in [2.05, 4.69) is 26.6 Å². The van der Waals surface area contributed by atoms with Crippen molar-refractivity contribution < 1.29 is 17.9 Å². The van der Waals surface area contributed by atoms with Crippen LogP contribution in [0.15, 0.2) is 59.9 Å². The number of nitrogens with one attached hydrogen (secondary N) is 1. The molecule has 0 saturated carbocycles. The van der Waals surface area contributed by atoms with E-state index in [1.807, 2.05) is 12.1 Å². The van der Waals surface area contributed by atoms with Crippen LogP contribution in [0.5, 0.6) is 11.6 Å². The molecule has 0 unspecified atom stereocenters. The summed E-state index contributed by atoms with van der Waals surface area (Å²) in [4.78, 5) is 10.9. The van der Waals surface area contributed by atoms with Gasteiger partial charge in [-0.15, -0.1) is 0 Å². The summed E-state index contributed by atoms with van der Waals surface area (Å²) in [5.74, 6) is 1.29. The quantitative estimate of drug-likeness (QED) is 0.277. The number of likely N-dealkylation sites (tertiary alicyclic amines) is 1. The second-order valence-electron chi connectivity index (χ2n) is 9.65. The third kappa shape index (κ3) is 6.24. The molecule has 0 atom stereocenters. The number of rotatable bonds is 9. The van der Waals surface area contributed by atoms with Gasteiger partial charge in [-0.2, -0.15) is 0 Å². The van der Waals surface area contributed by atoms with Crippen molar-refractivity contribution >= 4 is 44.7 Å². The molecule has 9 nitrogen and oxygen atoms in total. The Bertz CT molecular complexity index is 1590. The molecule has 0 radical (unpaired) electrons. The molecule has 39 heavy (non-hydrogen) atoms. The molecule has 0 bridgehead atoms. The number of hydrogen-bond donors (Lipinski definition) is 1. The van der Waals surface area contributed by atoms with Crippen molar-refractivity contribution in [2.45, 2.75) is 31.3 Å². The zero-order valence-corrected chi connectivity index (χ0v) is 23.9. The van der Waals surface area contributed by atoms with Crippen molar-refractivity contribution in [1.82, 2.24) is 19.3 Å². The molecule has 4 aromatic rings. The van der Waals surface area contributed by atoms with Crippen molar-refractivity contribution in [3.63, 3.8) is 0 Å². The highest BCUT2D eigenvalue weighted by Gasteiger charge is 2.23. The van der Waals surface area contributed by atoms with Crippen LogP contribution in [0.3, 0.4) is 0 Å². The van der Waals surface area contributed by atoms with E-state index >= 15 is 0 Å². The third-order valence-corrected chi connectivity index (χ3v) is 9.03. The standard InChI is InChI=1S/C27H29Cl2N5O4S/c1-18-21(28)4-3-5-24(18)39(35,36)32-26-27(34-13-10-30-25(34)15-31-26)38-17-20-6-7-22(29)23(14-20)37-16-19-8-11-33(2)12-9-19/h3-7,10,13-15,19,32H,8-9,11-12,16-17H2,1-2H3. The van der Waals surface area contributed by atoms with Gasteiger partial charge in [-0.1, -0.05) is 35.3 Å². The number of ether oxygens (including phenoxy) is 2. The first-order valence-electron chi connectivity index (χ1n) is 12.5. The molecule has 2 aromatic heterocycles. The highest BCUT2D eigenvalue weighted by atomic mass is 35.5. The van der Waals surface area contributed by atoms with Crippen LogP contribution in [0.25, 0.3) is 5.65 Å². The fourth-order valence-electron chi connectivity index (χ4n) is 4.48. The molecule has 0 aliphatic carbocycles. The SMILES string of the molecule is Cc1c(Cl)cccc1S(=O)(=O)Nc1ncc2nccn2c1OCc1ccc(Cl)c(OCC2CCN(C)CC2)c1. The minimum Gasteiger partial charge on any atom is -0.492 e. The monoisotopic (exact) mass is 589 g/mol. The predicted octanol–water partition coefficient (Wildman–Crippen LogP) is 5.44. The van der Waals surface area contributed by atoms with E-state index in [0.717, 1.165) is 31.5 Å². The molecule has 3 heterocycles. The largest absolute Gasteiger partial charge is 0.492 e. The maximum absolute atomic E-state index is 13.3. The van der Waals surface area contributed by atoms with Gasteiger partial charge in [0.1, 0.15) is 12.4 Å². The maximum atomic E-state index is 13.3. The molecule has 5 rings (SSSR count). The van der Waals surface area contributed by atoms with Crippen LogP contribution in [-0.2, 0) is 16.6 Å². The van der Waals surface area contributed by atoms with Crippen molar-refractivity contribution in [2.24, 2.45) is 5.92 Å². The Hall–Kier alpha value is -3.05. The van der Waals surface area contributed by atoms with Gasteiger partial charge < -0.3 is 14.4 Å². The number of imidazole rings is 1. The Balaban J connectivity index is 1.36. The maximum Gasteiger partial charge on any atom is 0.263 e. The number of hydrogen-bond acceptors (Lipinski definition) is 7. The van der Waals surface area contributed by atoms with Gasteiger partial charge in [0.2, 0.25) is 11.7 Å². The zero-order valence-electron chi connectivity index (χ0n) is 21.6. The molecule has 12 heteroatoms. The number of piperidine rings is 1. The summed E-state index contributed by atoms with van der Waals surface area (Å²) in [6.07, 6.45) is 6.90. The fraction of sp³-hybridized carbons (Fsp3) is 0.333. The first kappa shape index (κ1) is 27.5. The summed E-state index contributed by atoms with van der Waals surface area (Å²) in [7, 11) is -1.88. The van der Waals surface area contributed by atoms with Gasteiger partial charge in [0, 0.05) is 17.4 Å². The summed E-state index contributed by atoms with van der Waals surface area (Å²) in [6, 6.07) is 10.2. The van der Waals surface area contributed by atoms with Gasteiger partial charge in [0.05, 0.1) is 22.7 Å². The Kier molecular flexibility index (Phi) is 8.18. The number of halogens is 2. The van der Waals surface area contributed by atoms with E-state index in [1.165, 1.54) is 12.3 Å². The number of sulfonamides is 1. The van der Waals surface area contributed by atoms with E-state index in [9.17, 15) is 8.42 Å². The minimum atomic E-state index is -4.01. The molecule has 1 fully saturated rings. The van der Waals surface area contributed by atoms with Crippen LogP contribution in [-0.4, -0.2) is 54.4 Å². The number of aromatic nitrogens is 3. The second-order valence-corrected chi connectivity index (χ2v) is 12.1. The predicted molar refractivity (Wildman–Crippen MR) is 151 cm³/mol. The molecule has 0 amide bonds. The Morgan fingerprint density at radius 1 is 1.08 bits per heavy atom. The highest BCUT2D eigenvalue weighted by Crippen LogP contribution is 2.31. The molecular weight excluding hydrogens is 561 g/mol. The smallest absolute Gasteiger partial charge is 0.263 e. The van der Waals surface area contributed by atoms with Crippen LogP contribution in [0.1, 0.15) is 24.0 Å². The van der Waals surface area contributed by atoms with E-state index in [4.69, 9.17) is 32.7 Å². The summed E-state index contributed by atoms with van der Waals surface area (Å²) in [5.41, 5.74) is 1.74. The van der Waals surface area contributed by atoms with Crippen molar-refractivity contribution in [1.29, 1.82) is 0 Å². The number of benzene rings is 2. The lowest BCUT2D eigenvalue weighted by atomic mass is 9.98. The normalized spacial score (nSPS) is 15.0. The average molecular weight is 591 g/mol. The first-order chi connectivity index (χ1) is 18.7. The molecule has 1 aliphatic heterocycles. The van der Waals surface area contributed by atoms with Crippen molar-refractivity contribution in [3.05, 3.63) is 76.2 Å². The molecule has 1 saturated heterocycles. The molecule has 1 aliphatic rings. The van der Waals surface area contributed by atoms with Crippen LogP contribution < -0.4 is 14.2 Å². The molecule has 206 valence electrons. The Morgan fingerprint density at radius 2 is 1.87 bits per heavy atom. The Morgan fingerprint density at radius 3 is 2.67 bits per heavy atom. The topological polar surface area (TPSA) is 98.1 Å². The summed E-state index contributed by atoms with van der Waals surface area (Å²) >= 11 is 12.6. The minimum absolute atomic E-state index is 0.0209. The zero-order chi connectivity index (χ0) is 27.6. The van der Waals surface area contributed by atoms with Gasteiger partial charge in [-0.25, -0.2) is 18.4 Å². The van der Waals surface area contributed by atoms with Crippen LogP contribution in [0.4, 0.5) is 5.82 Å². The fourth-order valence-corrected chi connectivity index (χ4v) is 6.16. The van der Waals surface area contributed by atoms with E-state index in [1.54, 1.807) is 41.9 Å². The van der Waals surface area contributed by atoms with E-state index in [0.29, 0.717) is 39.5 Å². The summed E-state index contributed by atoms with van der Waals surface area (Å²) in [5, 5.41) is 0.874. The second kappa shape index (κ2) is 11.6. The number of nitrogens with zero attached hydrogens (tertiary/aromatic N) is 4. The molecule has 1 N–H and O–H groups in total. The number of fused-ring (bicyclic) bond motifs is 1. The third-order valence-electron chi connectivity index (χ3n) is 6.82. The highest BCUT2D eigenvalue weighted by molar-refractivity contribution is 7.92. The van der Waals surface area contributed by atoms with Crippen LogP contribution in [0.2, 0.25) is 10.0 Å². The van der Waals surface area contributed by atoms with Gasteiger partial charge in [-0.3, -0.25) is 9.12 Å². The van der Waals surface area contributed by atoms with Gasteiger partial charge >= 0.3 is 0 Å². The van der Waals surface area contributed by atoms with Crippen LogP contribution in [0, 0.1) is 12.8 Å². The van der Waals surface area contributed by atoms with Gasteiger partial charge in [0.15, 0.2) is 5.65 Å². The first-order valence-corrected chi connectivity index (χ1v) is 14.8.